The lowest BCUT2D eigenvalue weighted by Gasteiger charge is -2.22. The van der Waals surface area contributed by atoms with Crippen LogP contribution in [0.2, 0.25) is 0 Å². The van der Waals surface area contributed by atoms with Gasteiger partial charge >= 0.3 is 12.1 Å². The van der Waals surface area contributed by atoms with Crippen LogP contribution in [-0.4, -0.2) is 36.1 Å². The minimum absolute atomic E-state index is 0.0935. The number of alkyl carbamates (subject to hydrolysis) is 1. The van der Waals surface area contributed by atoms with Crippen molar-refractivity contribution in [3.8, 4) is 0 Å². The summed E-state index contributed by atoms with van der Waals surface area (Å²) in [6.07, 6.45) is -0.457. The van der Waals surface area contributed by atoms with Gasteiger partial charge in [-0.3, -0.25) is 4.79 Å². The third-order valence-electron chi connectivity index (χ3n) is 3.26. The van der Waals surface area contributed by atoms with Crippen LogP contribution < -0.4 is 5.32 Å². The molecule has 0 spiro atoms. The Morgan fingerprint density at radius 3 is 2.44 bits per heavy atom. The lowest BCUT2D eigenvalue weighted by molar-refractivity contribution is -0.145. The van der Waals surface area contributed by atoms with Gasteiger partial charge in [-0.25, -0.2) is 9.59 Å². The first-order chi connectivity index (χ1) is 11.6. The quantitative estimate of drug-likeness (QED) is 0.602. The molecule has 1 atom stereocenters. The summed E-state index contributed by atoms with van der Waals surface area (Å²) >= 11 is 0. The molecule has 1 rings (SSSR count). The highest BCUT2D eigenvalue weighted by atomic mass is 16.6. The summed E-state index contributed by atoms with van der Waals surface area (Å²) in [5, 5.41) is 2.49. The first-order valence-corrected chi connectivity index (χ1v) is 8.38. The fourth-order valence-electron chi connectivity index (χ4n) is 2.18. The van der Waals surface area contributed by atoms with Crippen LogP contribution >= 0.6 is 0 Å². The average molecular weight is 349 g/mol. The van der Waals surface area contributed by atoms with E-state index >= 15 is 0 Å². The molecule has 0 bridgehead atoms. The largest absolute Gasteiger partial charge is 0.464 e. The number of aryl methyl sites for hydroxylation is 1. The Hall–Kier alpha value is -2.37. The topological polar surface area (TPSA) is 81.7 Å². The molecule has 0 heterocycles. The molecule has 0 saturated carbocycles. The Bertz CT molecular complexity index is 618. The Kier molecular flexibility index (Phi) is 7.61. The van der Waals surface area contributed by atoms with E-state index in [0.29, 0.717) is 5.56 Å². The number of nitrogens with one attached hydrogen (secondary N) is 1. The molecule has 0 aliphatic heterocycles. The van der Waals surface area contributed by atoms with Gasteiger partial charge in [0.15, 0.2) is 5.78 Å². The zero-order valence-corrected chi connectivity index (χ0v) is 15.5. The van der Waals surface area contributed by atoms with Crippen LogP contribution in [0.4, 0.5) is 4.79 Å². The summed E-state index contributed by atoms with van der Waals surface area (Å²) in [4.78, 5) is 36.3. The summed E-state index contributed by atoms with van der Waals surface area (Å²) < 4.78 is 10.1. The minimum Gasteiger partial charge on any atom is -0.464 e. The predicted molar refractivity (Wildman–Crippen MR) is 94.5 cm³/mol. The van der Waals surface area contributed by atoms with E-state index in [1.54, 1.807) is 39.8 Å². The number of ketones is 1. The zero-order chi connectivity index (χ0) is 19.0. The van der Waals surface area contributed by atoms with Gasteiger partial charge in [0.2, 0.25) is 0 Å². The van der Waals surface area contributed by atoms with Crippen molar-refractivity contribution in [1.29, 1.82) is 0 Å². The van der Waals surface area contributed by atoms with E-state index in [2.05, 4.69) is 5.32 Å². The van der Waals surface area contributed by atoms with Crippen molar-refractivity contribution < 1.29 is 23.9 Å². The van der Waals surface area contributed by atoms with Crippen molar-refractivity contribution >= 4 is 17.8 Å². The smallest absolute Gasteiger partial charge is 0.408 e. The molecule has 25 heavy (non-hydrogen) atoms. The van der Waals surface area contributed by atoms with Crippen LogP contribution in [0.15, 0.2) is 24.3 Å². The molecule has 0 aromatic heterocycles. The Morgan fingerprint density at radius 1 is 1.20 bits per heavy atom. The third kappa shape index (κ3) is 7.83. The van der Waals surface area contributed by atoms with Gasteiger partial charge in [0.1, 0.15) is 11.6 Å². The molecule has 0 aliphatic rings. The van der Waals surface area contributed by atoms with Gasteiger partial charge in [-0.1, -0.05) is 23.8 Å². The van der Waals surface area contributed by atoms with Crippen LogP contribution in [0.1, 0.15) is 56.5 Å². The molecule has 6 nitrogen and oxygen atoms in total. The second-order valence-corrected chi connectivity index (χ2v) is 6.78. The van der Waals surface area contributed by atoms with Crippen LogP contribution in [0.3, 0.4) is 0 Å². The van der Waals surface area contributed by atoms with E-state index in [1.807, 2.05) is 19.1 Å². The number of hydrogen-bond donors (Lipinski definition) is 1. The van der Waals surface area contributed by atoms with Crippen LogP contribution in [0, 0.1) is 6.92 Å². The fraction of sp³-hybridized carbons (Fsp3) is 0.526. The molecule has 1 aromatic rings. The molecule has 1 aromatic carbocycles. The summed E-state index contributed by atoms with van der Waals surface area (Å²) in [7, 11) is 0. The Labute approximate surface area is 148 Å². The second-order valence-electron chi connectivity index (χ2n) is 6.78. The first-order valence-electron chi connectivity index (χ1n) is 8.38. The lowest BCUT2D eigenvalue weighted by Crippen LogP contribution is -2.44. The number of amides is 1. The van der Waals surface area contributed by atoms with Gasteiger partial charge in [-0.2, -0.15) is 0 Å². The van der Waals surface area contributed by atoms with E-state index in [4.69, 9.17) is 9.47 Å². The van der Waals surface area contributed by atoms with Gasteiger partial charge in [-0.05, 0) is 47.1 Å². The number of esters is 1. The minimum atomic E-state index is -0.927. The molecular weight excluding hydrogens is 322 g/mol. The molecule has 6 heteroatoms. The zero-order valence-electron chi connectivity index (χ0n) is 15.5. The maximum absolute atomic E-state index is 12.3. The maximum atomic E-state index is 12.3. The van der Waals surface area contributed by atoms with Crippen molar-refractivity contribution in [2.45, 2.75) is 59.1 Å². The van der Waals surface area contributed by atoms with Crippen molar-refractivity contribution in [3.63, 3.8) is 0 Å². The van der Waals surface area contributed by atoms with Crippen LogP contribution in [0.5, 0.6) is 0 Å². The Morgan fingerprint density at radius 2 is 1.88 bits per heavy atom. The molecule has 0 aliphatic carbocycles. The van der Waals surface area contributed by atoms with Crippen molar-refractivity contribution in [1.82, 2.24) is 5.32 Å². The monoisotopic (exact) mass is 349 g/mol. The number of carbonyl (C=O) groups is 3. The first kappa shape index (κ1) is 20.7. The summed E-state index contributed by atoms with van der Waals surface area (Å²) in [5.41, 5.74) is 0.889. The highest BCUT2D eigenvalue weighted by molar-refractivity contribution is 5.96. The number of rotatable bonds is 7. The molecule has 0 fully saturated rings. The third-order valence-corrected chi connectivity index (χ3v) is 3.26. The summed E-state index contributed by atoms with van der Waals surface area (Å²) in [6, 6.07) is 6.31. The van der Waals surface area contributed by atoms with Crippen molar-refractivity contribution in [3.05, 3.63) is 35.4 Å². The highest BCUT2D eigenvalue weighted by Crippen LogP contribution is 2.12. The number of hydrogen-bond acceptors (Lipinski definition) is 5. The molecule has 1 N–H and O–H groups in total. The van der Waals surface area contributed by atoms with Crippen molar-refractivity contribution in [2.75, 3.05) is 6.61 Å². The lowest BCUT2D eigenvalue weighted by atomic mass is 10.0. The molecule has 0 saturated heterocycles. The SMILES string of the molecule is CCOC(=O)[C@H](CCC(=O)c1cccc(C)c1)NC(=O)OC(C)(C)C. The number of benzene rings is 1. The molecule has 0 unspecified atom stereocenters. The van der Waals surface area contributed by atoms with E-state index < -0.39 is 23.7 Å². The average Bonchev–Trinajstić information content (AvgIpc) is 2.49. The van der Waals surface area contributed by atoms with Gasteiger partial charge in [0.05, 0.1) is 6.61 Å². The molecule has 0 radical (unpaired) electrons. The summed E-state index contributed by atoms with van der Waals surface area (Å²) in [5.74, 6) is -0.672. The molecule has 1 amide bonds. The number of carbonyl (C=O) groups excluding carboxylic acids is 3. The molecular formula is C19H27NO5. The van der Waals surface area contributed by atoms with Gasteiger partial charge < -0.3 is 14.8 Å². The van der Waals surface area contributed by atoms with Crippen molar-refractivity contribution in [2.24, 2.45) is 0 Å². The Balaban J connectivity index is 2.72. The van der Waals surface area contributed by atoms with E-state index in [9.17, 15) is 14.4 Å². The summed E-state index contributed by atoms with van der Waals surface area (Å²) in [6.45, 7) is 8.97. The van der Waals surface area contributed by atoms with Gasteiger partial charge in [0.25, 0.3) is 0 Å². The van der Waals surface area contributed by atoms with Crippen LogP contribution in [0.25, 0.3) is 0 Å². The number of ether oxygens (including phenoxy) is 2. The highest BCUT2D eigenvalue weighted by Gasteiger charge is 2.26. The van der Waals surface area contributed by atoms with E-state index in [0.717, 1.165) is 5.56 Å². The maximum Gasteiger partial charge on any atom is 0.408 e. The van der Waals surface area contributed by atoms with Crippen LogP contribution in [-0.2, 0) is 14.3 Å². The standard InChI is InChI=1S/C19H27NO5/c1-6-24-17(22)15(20-18(23)25-19(3,4)5)10-11-16(21)14-9-7-8-13(2)12-14/h7-9,12,15H,6,10-11H2,1-5H3,(H,20,23)/t15-/m0/s1. The van der Waals surface area contributed by atoms with Gasteiger partial charge in [0, 0.05) is 12.0 Å². The molecule has 138 valence electrons. The fourth-order valence-corrected chi connectivity index (χ4v) is 2.18. The van der Waals surface area contributed by atoms with E-state index in [-0.39, 0.29) is 25.2 Å². The second kappa shape index (κ2) is 9.20. The number of Topliss-reactive ketones (excluding diaryl/α,β-unsaturated/α-hetero) is 1. The van der Waals surface area contributed by atoms with E-state index in [1.165, 1.54) is 0 Å². The van der Waals surface area contributed by atoms with Gasteiger partial charge in [-0.15, -0.1) is 0 Å². The normalized spacial score (nSPS) is 12.2. The predicted octanol–water partition coefficient (Wildman–Crippen LogP) is 3.41.